The van der Waals surface area contributed by atoms with Gasteiger partial charge in [0.1, 0.15) is 5.76 Å². The lowest BCUT2D eigenvalue weighted by molar-refractivity contribution is 0.371. The molecule has 114 valence electrons. The summed E-state index contributed by atoms with van der Waals surface area (Å²) in [4.78, 5) is 0. The van der Waals surface area contributed by atoms with Crippen LogP contribution in [0.2, 0.25) is 0 Å². The molecule has 0 aliphatic heterocycles. The summed E-state index contributed by atoms with van der Waals surface area (Å²) in [5.41, 5.74) is 3.04. The average Bonchev–Trinajstić information content (AvgIpc) is 2.78. The van der Waals surface area contributed by atoms with Gasteiger partial charge in [0.15, 0.2) is 11.5 Å². The predicted molar refractivity (Wildman–Crippen MR) is 80.6 cm³/mol. The van der Waals surface area contributed by atoms with E-state index in [0.29, 0.717) is 5.75 Å². The Labute approximate surface area is 124 Å². The van der Waals surface area contributed by atoms with Gasteiger partial charge >= 0.3 is 0 Å². The Morgan fingerprint density at radius 3 is 2.52 bits per heavy atom. The Balaban J connectivity index is 2.16. The Bertz CT molecular complexity index is 602. The summed E-state index contributed by atoms with van der Waals surface area (Å²) in [6.07, 6.45) is 0. The number of ether oxygens (including phenoxy) is 1. The number of nitrogens with zero attached hydrogens (tertiary/aromatic N) is 1. The van der Waals surface area contributed by atoms with Crippen molar-refractivity contribution in [3.63, 3.8) is 0 Å². The van der Waals surface area contributed by atoms with Crippen molar-refractivity contribution in [2.24, 2.45) is 0 Å². The van der Waals surface area contributed by atoms with Gasteiger partial charge in [-0.25, -0.2) is 0 Å². The second kappa shape index (κ2) is 6.18. The first kappa shape index (κ1) is 15.4. The van der Waals surface area contributed by atoms with Crippen molar-refractivity contribution in [1.29, 1.82) is 0 Å². The average molecular weight is 290 g/mol. The lowest BCUT2D eigenvalue weighted by atomic mass is 10.0. The van der Waals surface area contributed by atoms with E-state index in [2.05, 4.69) is 24.3 Å². The van der Waals surface area contributed by atoms with Gasteiger partial charge in [-0.2, -0.15) is 0 Å². The fraction of sp³-hybridized carbons (Fsp3) is 0.438. The van der Waals surface area contributed by atoms with Gasteiger partial charge in [0.2, 0.25) is 0 Å². The number of aryl methyl sites for hydroxylation is 2. The van der Waals surface area contributed by atoms with Crippen LogP contribution in [-0.2, 0) is 0 Å². The van der Waals surface area contributed by atoms with Crippen LogP contribution >= 0.6 is 0 Å². The molecule has 0 saturated carbocycles. The lowest BCUT2D eigenvalue weighted by Crippen LogP contribution is -2.23. The molecular formula is C16H22N2O3. The van der Waals surface area contributed by atoms with Gasteiger partial charge in [0.05, 0.1) is 12.8 Å². The molecule has 1 aromatic heterocycles. The van der Waals surface area contributed by atoms with E-state index in [0.717, 1.165) is 22.6 Å². The number of nitrogens with one attached hydrogen (secondary N) is 1. The molecule has 2 rings (SSSR count). The topological polar surface area (TPSA) is 67.5 Å². The molecule has 5 heteroatoms. The minimum Gasteiger partial charge on any atom is -0.504 e. The Morgan fingerprint density at radius 1 is 1.24 bits per heavy atom. The summed E-state index contributed by atoms with van der Waals surface area (Å²) in [6, 6.07) is 5.59. The molecule has 0 aliphatic rings. The highest BCUT2D eigenvalue weighted by Crippen LogP contribution is 2.30. The molecule has 0 radical (unpaired) electrons. The first-order valence-electron chi connectivity index (χ1n) is 6.99. The standard InChI is InChI=1S/C16H22N2O3/c1-9(13-6-7-14(19)15(8-13)20-5)17-10(2)16-11(3)18-21-12(16)4/h6-10,17,19H,1-5H3. The number of aromatic hydroxyl groups is 1. The van der Waals surface area contributed by atoms with Crippen molar-refractivity contribution in [3.8, 4) is 11.5 Å². The normalized spacial score (nSPS) is 14.0. The largest absolute Gasteiger partial charge is 0.504 e. The summed E-state index contributed by atoms with van der Waals surface area (Å²) in [6.45, 7) is 8.02. The molecule has 2 atom stereocenters. The van der Waals surface area contributed by atoms with Gasteiger partial charge in [-0.05, 0) is 45.4 Å². The highest BCUT2D eigenvalue weighted by atomic mass is 16.5. The summed E-state index contributed by atoms with van der Waals surface area (Å²) in [7, 11) is 1.55. The van der Waals surface area contributed by atoms with Crippen molar-refractivity contribution < 1.29 is 14.4 Å². The number of methoxy groups -OCH3 is 1. The zero-order valence-corrected chi connectivity index (χ0v) is 13.1. The van der Waals surface area contributed by atoms with Crippen LogP contribution in [0.3, 0.4) is 0 Å². The maximum atomic E-state index is 9.66. The van der Waals surface area contributed by atoms with Crippen LogP contribution in [0.5, 0.6) is 11.5 Å². The van der Waals surface area contributed by atoms with E-state index < -0.39 is 0 Å². The van der Waals surface area contributed by atoms with Crippen LogP contribution in [0.4, 0.5) is 0 Å². The molecule has 1 heterocycles. The maximum absolute atomic E-state index is 9.66. The van der Waals surface area contributed by atoms with E-state index in [1.807, 2.05) is 26.0 Å². The van der Waals surface area contributed by atoms with Gasteiger partial charge in [-0.3, -0.25) is 0 Å². The highest BCUT2D eigenvalue weighted by molar-refractivity contribution is 5.42. The third kappa shape index (κ3) is 3.19. The van der Waals surface area contributed by atoms with E-state index in [1.54, 1.807) is 13.2 Å². The minimum atomic E-state index is 0.100. The number of phenols is 1. The molecule has 0 fully saturated rings. The Hall–Kier alpha value is -2.01. The van der Waals surface area contributed by atoms with Crippen LogP contribution < -0.4 is 10.1 Å². The summed E-state index contributed by atoms with van der Waals surface area (Å²) < 4.78 is 10.4. The van der Waals surface area contributed by atoms with Crippen molar-refractivity contribution in [3.05, 3.63) is 40.8 Å². The smallest absolute Gasteiger partial charge is 0.160 e. The number of hydrogen-bond acceptors (Lipinski definition) is 5. The number of phenolic OH excluding ortho intramolecular Hbond substituents is 1. The maximum Gasteiger partial charge on any atom is 0.160 e. The second-order valence-corrected chi connectivity index (χ2v) is 5.28. The molecule has 0 amide bonds. The molecule has 0 aliphatic carbocycles. The second-order valence-electron chi connectivity index (χ2n) is 5.28. The lowest BCUT2D eigenvalue weighted by Gasteiger charge is -2.21. The number of hydrogen-bond donors (Lipinski definition) is 2. The van der Waals surface area contributed by atoms with E-state index in [1.165, 1.54) is 0 Å². The zero-order chi connectivity index (χ0) is 15.6. The SMILES string of the molecule is COc1cc(C(C)NC(C)c2c(C)noc2C)ccc1O. The number of benzene rings is 1. The van der Waals surface area contributed by atoms with Gasteiger partial charge in [-0.15, -0.1) is 0 Å². The fourth-order valence-electron chi connectivity index (χ4n) is 2.63. The molecule has 0 bridgehead atoms. The predicted octanol–water partition coefficient (Wildman–Crippen LogP) is 3.42. The fourth-order valence-corrected chi connectivity index (χ4v) is 2.63. The summed E-state index contributed by atoms with van der Waals surface area (Å²) in [5.74, 6) is 1.46. The van der Waals surface area contributed by atoms with E-state index in [4.69, 9.17) is 9.26 Å². The van der Waals surface area contributed by atoms with E-state index >= 15 is 0 Å². The Kier molecular flexibility index (Phi) is 4.53. The summed E-state index contributed by atoms with van der Waals surface area (Å²) in [5, 5.41) is 17.2. The van der Waals surface area contributed by atoms with Crippen LogP contribution in [-0.4, -0.2) is 17.4 Å². The number of rotatable bonds is 5. The molecule has 1 aromatic carbocycles. The molecular weight excluding hydrogens is 268 g/mol. The molecule has 2 aromatic rings. The van der Waals surface area contributed by atoms with Crippen molar-refractivity contribution >= 4 is 0 Å². The zero-order valence-electron chi connectivity index (χ0n) is 13.1. The molecule has 2 N–H and O–H groups in total. The minimum absolute atomic E-state index is 0.100. The van der Waals surface area contributed by atoms with Crippen LogP contribution in [0.1, 0.15) is 48.5 Å². The van der Waals surface area contributed by atoms with Gasteiger partial charge in [-0.1, -0.05) is 11.2 Å². The third-order valence-electron chi connectivity index (χ3n) is 3.73. The first-order valence-corrected chi connectivity index (χ1v) is 6.99. The van der Waals surface area contributed by atoms with Crippen molar-refractivity contribution in [2.75, 3.05) is 7.11 Å². The molecule has 21 heavy (non-hydrogen) atoms. The van der Waals surface area contributed by atoms with Crippen LogP contribution in [0, 0.1) is 13.8 Å². The van der Waals surface area contributed by atoms with E-state index in [9.17, 15) is 5.11 Å². The van der Waals surface area contributed by atoms with Gasteiger partial charge < -0.3 is 19.7 Å². The van der Waals surface area contributed by atoms with Gasteiger partial charge in [0, 0.05) is 17.6 Å². The molecule has 0 spiro atoms. The monoisotopic (exact) mass is 290 g/mol. The van der Waals surface area contributed by atoms with Crippen LogP contribution in [0.25, 0.3) is 0 Å². The molecule has 2 unspecified atom stereocenters. The van der Waals surface area contributed by atoms with Gasteiger partial charge in [0.25, 0.3) is 0 Å². The van der Waals surface area contributed by atoms with Crippen molar-refractivity contribution in [1.82, 2.24) is 10.5 Å². The number of aromatic nitrogens is 1. The van der Waals surface area contributed by atoms with Crippen molar-refractivity contribution in [2.45, 2.75) is 39.8 Å². The highest BCUT2D eigenvalue weighted by Gasteiger charge is 2.19. The first-order chi connectivity index (χ1) is 9.93. The van der Waals surface area contributed by atoms with E-state index in [-0.39, 0.29) is 17.8 Å². The van der Waals surface area contributed by atoms with Crippen LogP contribution in [0.15, 0.2) is 22.7 Å². The Morgan fingerprint density at radius 2 is 1.95 bits per heavy atom. The third-order valence-corrected chi connectivity index (χ3v) is 3.73. The quantitative estimate of drug-likeness (QED) is 0.883. The summed E-state index contributed by atoms with van der Waals surface area (Å²) >= 11 is 0. The molecule has 0 saturated heterocycles. The molecule has 5 nitrogen and oxygen atoms in total.